The quantitative estimate of drug-likeness (QED) is 0.357. The van der Waals surface area contributed by atoms with Crippen LogP contribution in [0, 0.1) is 0 Å². The minimum Gasteiger partial charge on any atom is -0.381 e. The predicted molar refractivity (Wildman–Crippen MR) is 152 cm³/mol. The third kappa shape index (κ3) is 5.02. The van der Waals surface area contributed by atoms with E-state index < -0.39 is 6.43 Å². The number of ether oxygens (including phenoxy) is 1. The van der Waals surface area contributed by atoms with E-state index in [0.29, 0.717) is 36.2 Å². The summed E-state index contributed by atoms with van der Waals surface area (Å²) in [6.45, 7) is 3.65. The van der Waals surface area contributed by atoms with Crippen LogP contribution in [-0.4, -0.2) is 46.9 Å². The number of rotatable bonds is 5. The zero-order valence-electron chi connectivity index (χ0n) is 23.6. The number of alkyl halides is 2. The maximum absolute atomic E-state index is 14.5. The molecular weight excluding hydrogens is 510 g/mol. The number of hydrogen-bond donors (Lipinski definition) is 0. The van der Waals surface area contributed by atoms with Crippen LogP contribution in [0.2, 0.25) is 0 Å². The summed E-state index contributed by atoms with van der Waals surface area (Å²) >= 11 is 0. The Kier molecular flexibility index (Phi) is 7.38. The van der Waals surface area contributed by atoms with E-state index in [2.05, 4.69) is 22.1 Å². The van der Waals surface area contributed by atoms with Crippen LogP contribution in [0.3, 0.4) is 0 Å². The monoisotopic (exact) mass is 548 g/mol. The Morgan fingerprint density at radius 1 is 1.02 bits per heavy atom. The van der Waals surface area contributed by atoms with Gasteiger partial charge in [0.25, 0.3) is 6.43 Å². The van der Waals surface area contributed by atoms with E-state index in [-0.39, 0.29) is 11.5 Å². The Labute approximate surface area is 234 Å². The lowest BCUT2D eigenvalue weighted by Gasteiger charge is -2.38. The molecule has 3 aromatic rings. The van der Waals surface area contributed by atoms with Gasteiger partial charge in [-0.05, 0) is 96.9 Å². The molecule has 1 amide bonds. The molecule has 0 bridgehead atoms. The van der Waals surface area contributed by atoms with Crippen LogP contribution in [0.15, 0.2) is 36.7 Å². The van der Waals surface area contributed by atoms with E-state index in [1.807, 2.05) is 11.0 Å². The molecule has 0 radical (unpaired) electrons. The zero-order valence-corrected chi connectivity index (χ0v) is 23.6. The average Bonchev–Trinajstić information content (AvgIpc) is 3.41. The van der Waals surface area contributed by atoms with E-state index in [9.17, 15) is 13.6 Å². The van der Waals surface area contributed by atoms with Crippen LogP contribution in [0.5, 0.6) is 0 Å². The molecule has 2 aliphatic heterocycles. The number of aromatic nitrogens is 2. The Bertz CT molecular complexity index is 1410. The molecule has 6 nitrogen and oxygen atoms in total. The van der Waals surface area contributed by atoms with Gasteiger partial charge in [0.2, 0.25) is 5.91 Å². The lowest BCUT2D eigenvalue weighted by Crippen LogP contribution is -2.36. The summed E-state index contributed by atoms with van der Waals surface area (Å²) in [5.41, 5.74) is 8.07. The number of fused-ring (bicyclic) bond motifs is 2. The molecule has 3 aliphatic rings. The first-order valence-corrected chi connectivity index (χ1v) is 14.5. The van der Waals surface area contributed by atoms with Crippen molar-refractivity contribution >= 4 is 17.3 Å². The molecule has 8 heteroatoms. The summed E-state index contributed by atoms with van der Waals surface area (Å²) in [4.78, 5) is 16.5. The molecule has 1 aromatic heterocycles. The van der Waals surface area contributed by atoms with Crippen molar-refractivity contribution in [2.75, 3.05) is 25.1 Å². The van der Waals surface area contributed by atoms with Gasteiger partial charge < -0.3 is 14.5 Å². The molecule has 40 heavy (non-hydrogen) atoms. The average molecular weight is 549 g/mol. The number of carbonyl (C=O) groups excluding carboxylic acids is 1. The molecule has 2 aromatic carbocycles. The Morgan fingerprint density at radius 2 is 1.82 bits per heavy atom. The first-order valence-electron chi connectivity index (χ1n) is 14.5. The van der Waals surface area contributed by atoms with Crippen molar-refractivity contribution in [1.82, 2.24) is 14.7 Å². The highest BCUT2D eigenvalue weighted by molar-refractivity contribution is 5.79. The van der Waals surface area contributed by atoms with Gasteiger partial charge in [0.15, 0.2) is 0 Å². The minimum atomic E-state index is -2.60. The van der Waals surface area contributed by atoms with Gasteiger partial charge in [0.1, 0.15) is 0 Å². The molecule has 0 spiro atoms. The van der Waals surface area contributed by atoms with E-state index in [0.717, 1.165) is 74.0 Å². The SMILES string of the molecule is COC1CCC(c2cc3c(c(N4CCCc5cc(-c6cnn(C)c6)c(C(F)F)cc54)c2)CN(C(C)=O)CC3)CC1. The number of benzene rings is 2. The Balaban J connectivity index is 1.46. The van der Waals surface area contributed by atoms with Crippen LogP contribution >= 0.6 is 0 Å². The van der Waals surface area contributed by atoms with Crippen LogP contribution in [-0.2, 0) is 36.0 Å². The molecule has 1 saturated carbocycles. The fraction of sp³-hybridized carbons (Fsp3) is 0.500. The Morgan fingerprint density at radius 3 is 2.50 bits per heavy atom. The fourth-order valence-corrected chi connectivity index (χ4v) is 6.94. The highest BCUT2D eigenvalue weighted by Gasteiger charge is 2.31. The van der Waals surface area contributed by atoms with Crippen molar-refractivity contribution in [2.24, 2.45) is 7.05 Å². The smallest absolute Gasteiger partial charge is 0.264 e. The summed E-state index contributed by atoms with van der Waals surface area (Å²) in [6.07, 6.45) is 8.01. The first-order chi connectivity index (χ1) is 19.3. The van der Waals surface area contributed by atoms with E-state index in [4.69, 9.17) is 4.74 Å². The van der Waals surface area contributed by atoms with Crippen molar-refractivity contribution in [3.05, 3.63) is 64.5 Å². The molecule has 0 saturated heterocycles. The molecular formula is C32H38F2N4O2. The number of aryl methyl sites for hydroxylation is 2. The van der Waals surface area contributed by atoms with Gasteiger partial charge in [-0.1, -0.05) is 6.07 Å². The van der Waals surface area contributed by atoms with Crippen molar-refractivity contribution in [3.8, 4) is 11.1 Å². The topological polar surface area (TPSA) is 50.6 Å². The minimum absolute atomic E-state index is 0.0342. The van der Waals surface area contributed by atoms with Crippen LogP contribution < -0.4 is 4.90 Å². The van der Waals surface area contributed by atoms with Gasteiger partial charge in [-0.15, -0.1) is 0 Å². The van der Waals surface area contributed by atoms with Gasteiger partial charge in [-0.3, -0.25) is 9.48 Å². The van der Waals surface area contributed by atoms with E-state index in [1.165, 1.54) is 11.1 Å². The third-order valence-electron chi connectivity index (χ3n) is 9.18. The van der Waals surface area contributed by atoms with Crippen molar-refractivity contribution < 1.29 is 18.3 Å². The second-order valence-electron chi connectivity index (χ2n) is 11.6. The van der Waals surface area contributed by atoms with Gasteiger partial charge in [0, 0.05) is 69.4 Å². The first kappa shape index (κ1) is 26.9. The third-order valence-corrected chi connectivity index (χ3v) is 9.18. The summed E-state index contributed by atoms with van der Waals surface area (Å²) in [7, 11) is 3.60. The molecule has 0 N–H and O–H groups in total. The second kappa shape index (κ2) is 11.0. The molecule has 0 atom stereocenters. The molecule has 3 heterocycles. The summed E-state index contributed by atoms with van der Waals surface area (Å²) in [6, 6.07) is 8.31. The fourth-order valence-electron chi connectivity index (χ4n) is 6.94. The van der Waals surface area contributed by atoms with E-state index >= 15 is 0 Å². The zero-order chi connectivity index (χ0) is 28.0. The number of nitrogens with zero attached hydrogens (tertiary/aromatic N) is 4. The Hall–Kier alpha value is -3.26. The summed E-state index contributed by atoms with van der Waals surface area (Å²) in [5, 5.41) is 4.22. The number of anilines is 2. The van der Waals surface area contributed by atoms with Crippen molar-refractivity contribution in [2.45, 2.75) is 76.9 Å². The number of carbonyl (C=O) groups is 1. The molecule has 1 fully saturated rings. The maximum Gasteiger partial charge on any atom is 0.264 e. The van der Waals surface area contributed by atoms with Crippen molar-refractivity contribution in [1.29, 1.82) is 0 Å². The molecule has 1 aliphatic carbocycles. The number of amides is 1. The summed E-state index contributed by atoms with van der Waals surface area (Å²) < 4.78 is 36.3. The lowest BCUT2D eigenvalue weighted by molar-refractivity contribution is -0.129. The molecule has 6 rings (SSSR count). The number of hydrogen-bond acceptors (Lipinski definition) is 4. The van der Waals surface area contributed by atoms with Crippen LogP contribution in [0.1, 0.15) is 79.2 Å². The molecule has 0 unspecified atom stereocenters. The highest BCUT2D eigenvalue weighted by Crippen LogP contribution is 2.45. The van der Waals surface area contributed by atoms with E-state index in [1.54, 1.807) is 44.2 Å². The molecule has 212 valence electrons. The summed E-state index contributed by atoms with van der Waals surface area (Å²) in [5.74, 6) is 0.522. The second-order valence-corrected chi connectivity index (χ2v) is 11.6. The van der Waals surface area contributed by atoms with Crippen LogP contribution in [0.25, 0.3) is 11.1 Å². The largest absolute Gasteiger partial charge is 0.381 e. The normalized spacial score (nSPS) is 20.9. The van der Waals surface area contributed by atoms with Gasteiger partial charge in [0.05, 0.1) is 12.3 Å². The lowest BCUT2D eigenvalue weighted by atomic mass is 9.80. The van der Waals surface area contributed by atoms with Crippen molar-refractivity contribution in [3.63, 3.8) is 0 Å². The van der Waals surface area contributed by atoms with Gasteiger partial charge in [-0.2, -0.15) is 5.10 Å². The predicted octanol–water partition coefficient (Wildman–Crippen LogP) is 6.69. The number of methoxy groups -OCH3 is 1. The number of halogens is 2. The highest BCUT2D eigenvalue weighted by atomic mass is 19.3. The standard InChI is InChI=1S/C32H38F2N4O2/c1-20(39)37-12-10-22-13-24(21-6-8-26(40-3)9-7-21)15-31(29(22)19-37)38-11-4-5-23-14-27(25-17-35-36(2)18-25)28(32(33)34)16-30(23)38/h13-18,21,26,32H,4-12,19H2,1-3H3. The van der Waals surface area contributed by atoms with Gasteiger partial charge >= 0.3 is 0 Å². The maximum atomic E-state index is 14.5. The van der Waals surface area contributed by atoms with Gasteiger partial charge in [-0.25, -0.2) is 8.78 Å². The van der Waals surface area contributed by atoms with Crippen LogP contribution in [0.4, 0.5) is 20.2 Å².